The van der Waals surface area contributed by atoms with Crippen LogP contribution in [-0.2, 0) is 6.67 Å². The van der Waals surface area contributed by atoms with Crippen LogP contribution in [0.25, 0.3) is 23.1 Å². The van der Waals surface area contributed by atoms with Gasteiger partial charge in [0, 0.05) is 24.1 Å². The van der Waals surface area contributed by atoms with E-state index in [1.807, 2.05) is 30.3 Å². The van der Waals surface area contributed by atoms with E-state index < -0.39 is 6.67 Å². The van der Waals surface area contributed by atoms with Gasteiger partial charge in [-0.15, -0.1) is 0 Å². The van der Waals surface area contributed by atoms with Gasteiger partial charge in [-0.1, -0.05) is 12.1 Å². The summed E-state index contributed by atoms with van der Waals surface area (Å²) in [5, 5.41) is 12.4. The first-order chi connectivity index (χ1) is 11.6. The third-order valence-electron chi connectivity index (χ3n) is 3.78. The van der Waals surface area contributed by atoms with Gasteiger partial charge in [-0.25, -0.2) is 15.2 Å². The van der Waals surface area contributed by atoms with Crippen molar-refractivity contribution >= 4 is 28.7 Å². The van der Waals surface area contributed by atoms with Crippen molar-refractivity contribution in [3.8, 4) is 5.75 Å². The van der Waals surface area contributed by atoms with Crippen LogP contribution >= 0.6 is 0 Å². The van der Waals surface area contributed by atoms with Gasteiger partial charge >= 0.3 is 0 Å². The molecule has 1 aromatic heterocycles. The number of aromatic hydroxyl groups is 1. The van der Waals surface area contributed by atoms with Gasteiger partial charge in [0.15, 0.2) is 0 Å². The fraction of sp³-hybridized carbons (Fsp3) is 0.105. The van der Waals surface area contributed by atoms with Gasteiger partial charge in [0.1, 0.15) is 12.4 Å². The average Bonchev–Trinajstić information content (AvgIpc) is 2.59. The highest BCUT2D eigenvalue weighted by atomic mass is 19.1. The minimum Gasteiger partial charge on any atom is -0.507 e. The van der Waals surface area contributed by atoms with E-state index >= 15 is 0 Å². The zero-order valence-electron chi connectivity index (χ0n) is 13.3. The number of phenolic OH excluding ortho intramolecular Hbond substituents is 1. The minimum absolute atomic E-state index is 0.148. The molecule has 3 N–H and O–H groups in total. The Hall–Kier alpha value is -2.92. The van der Waals surface area contributed by atoms with E-state index in [-0.39, 0.29) is 5.75 Å². The van der Waals surface area contributed by atoms with Crippen molar-refractivity contribution in [3.63, 3.8) is 0 Å². The Balaban J connectivity index is 1.87. The van der Waals surface area contributed by atoms with Crippen LogP contribution in [0.5, 0.6) is 5.75 Å². The molecule has 5 heteroatoms. The highest BCUT2D eigenvalue weighted by Crippen LogP contribution is 2.25. The van der Waals surface area contributed by atoms with E-state index in [4.69, 9.17) is 5.84 Å². The van der Waals surface area contributed by atoms with E-state index in [9.17, 15) is 9.50 Å². The predicted octanol–water partition coefficient (Wildman–Crippen LogP) is 3.89. The molecule has 0 aliphatic heterocycles. The second-order valence-corrected chi connectivity index (χ2v) is 5.58. The molecule has 0 saturated heterocycles. The van der Waals surface area contributed by atoms with Crippen molar-refractivity contribution in [3.05, 3.63) is 65.4 Å². The molecule has 3 aromatic rings. The summed E-state index contributed by atoms with van der Waals surface area (Å²) in [4.78, 5) is 4.52. The number of anilines is 1. The summed E-state index contributed by atoms with van der Waals surface area (Å²) in [5.74, 6) is 5.79. The topological polar surface area (TPSA) is 62.4 Å². The SMILES string of the molecule is CN(N)c1ccc(C=Cc2ccc3cc(CF)ccc3n2)c(O)c1. The van der Waals surface area contributed by atoms with Crippen molar-refractivity contribution in [2.75, 3.05) is 12.1 Å². The summed E-state index contributed by atoms with van der Waals surface area (Å²) in [6.45, 7) is -0.481. The molecule has 0 amide bonds. The second kappa shape index (κ2) is 6.68. The molecule has 122 valence electrons. The fourth-order valence-electron chi connectivity index (χ4n) is 2.43. The van der Waals surface area contributed by atoms with Gasteiger partial charge in [0.05, 0.1) is 16.9 Å². The molecule has 0 bridgehead atoms. The van der Waals surface area contributed by atoms with E-state index in [0.717, 1.165) is 22.3 Å². The number of alkyl halides is 1. The maximum absolute atomic E-state index is 12.7. The summed E-state index contributed by atoms with van der Waals surface area (Å²) >= 11 is 0. The zero-order chi connectivity index (χ0) is 17.1. The third kappa shape index (κ3) is 3.36. The van der Waals surface area contributed by atoms with Gasteiger partial charge in [-0.2, -0.15) is 0 Å². The first-order valence-electron chi connectivity index (χ1n) is 7.52. The van der Waals surface area contributed by atoms with Crippen molar-refractivity contribution < 1.29 is 9.50 Å². The predicted molar refractivity (Wildman–Crippen MR) is 96.2 cm³/mol. The molecule has 0 aliphatic carbocycles. The maximum atomic E-state index is 12.7. The largest absolute Gasteiger partial charge is 0.507 e. The number of phenols is 1. The number of aromatic nitrogens is 1. The van der Waals surface area contributed by atoms with E-state index in [2.05, 4.69) is 4.98 Å². The number of pyridine rings is 1. The molecule has 0 atom stereocenters. The molecule has 0 fully saturated rings. The molecule has 0 radical (unpaired) electrons. The smallest absolute Gasteiger partial charge is 0.124 e. The number of nitrogens with zero attached hydrogens (tertiary/aromatic N) is 2. The number of hydrogen-bond donors (Lipinski definition) is 2. The quantitative estimate of drug-likeness (QED) is 0.565. The first-order valence-corrected chi connectivity index (χ1v) is 7.52. The van der Waals surface area contributed by atoms with Crippen molar-refractivity contribution in [1.82, 2.24) is 4.98 Å². The Morgan fingerprint density at radius 1 is 1.12 bits per heavy atom. The summed E-state index contributed by atoms with van der Waals surface area (Å²) < 4.78 is 12.7. The van der Waals surface area contributed by atoms with Gasteiger partial charge in [-0.05, 0) is 48.0 Å². The second-order valence-electron chi connectivity index (χ2n) is 5.58. The number of halogens is 1. The standard InChI is InChI=1S/C19H18FN3O/c1-23(21)17-8-5-14(19(24)11-17)3-6-16-7-4-15-10-13(12-20)2-9-18(15)22-16/h2-11,24H,12,21H2,1H3. The Labute approximate surface area is 139 Å². The lowest BCUT2D eigenvalue weighted by atomic mass is 10.1. The molecule has 1 heterocycles. The van der Waals surface area contributed by atoms with Crippen molar-refractivity contribution in [1.29, 1.82) is 0 Å². The summed E-state index contributed by atoms with van der Waals surface area (Å²) in [6.07, 6.45) is 3.61. The molecule has 4 nitrogen and oxygen atoms in total. The van der Waals surface area contributed by atoms with E-state index in [1.54, 1.807) is 37.4 Å². The first kappa shape index (κ1) is 16.0. The van der Waals surface area contributed by atoms with Crippen LogP contribution in [0, 0.1) is 0 Å². The summed E-state index contributed by atoms with van der Waals surface area (Å²) in [7, 11) is 1.71. The fourth-order valence-corrected chi connectivity index (χ4v) is 2.43. The van der Waals surface area contributed by atoms with Crippen LogP contribution < -0.4 is 10.9 Å². The molecule has 0 unspecified atom stereocenters. The third-order valence-corrected chi connectivity index (χ3v) is 3.78. The van der Waals surface area contributed by atoms with Crippen LogP contribution in [0.1, 0.15) is 16.8 Å². The van der Waals surface area contributed by atoms with Crippen molar-refractivity contribution in [2.45, 2.75) is 6.67 Å². The maximum Gasteiger partial charge on any atom is 0.124 e. The number of nitrogens with two attached hydrogens (primary N) is 1. The van der Waals surface area contributed by atoms with Crippen molar-refractivity contribution in [2.24, 2.45) is 5.84 Å². The Morgan fingerprint density at radius 2 is 1.96 bits per heavy atom. The normalized spacial score (nSPS) is 11.3. The molecular weight excluding hydrogens is 305 g/mol. The van der Waals surface area contributed by atoms with E-state index in [1.165, 1.54) is 5.01 Å². The van der Waals surface area contributed by atoms with Crippen LogP contribution in [0.3, 0.4) is 0 Å². The Bertz CT molecular complexity index is 906. The van der Waals surface area contributed by atoms with E-state index in [0.29, 0.717) is 11.1 Å². The molecule has 0 saturated carbocycles. The number of fused-ring (bicyclic) bond motifs is 1. The lowest BCUT2D eigenvalue weighted by Crippen LogP contribution is -2.24. The monoisotopic (exact) mass is 323 g/mol. The number of hydrogen-bond acceptors (Lipinski definition) is 4. The lowest BCUT2D eigenvalue weighted by molar-refractivity contribution is 0.474. The highest BCUT2D eigenvalue weighted by Gasteiger charge is 2.02. The van der Waals surface area contributed by atoms with Crippen LogP contribution in [0.15, 0.2) is 48.5 Å². The summed E-state index contributed by atoms with van der Waals surface area (Å²) in [6, 6.07) is 14.3. The molecular formula is C19H18FN3O. The number of rotatable bonds is 4. The average molecular weight is 323 g/mol. The molecule has 0 aliphatic rings. The van der Waals surface area contributed by atoms with Gasteiger partial charge in [0.25, 0.3) is 0 Å². The molecule has 24 heavy (non-hydrogen) atoms. The zero-order valence-corrected chi connectivity index (χ0v) is 13.3. The number of benzene rings is 2. The Kier molecular flexibility index (Phi) is 4.44. The molecule has 2 aromatic carbocycles. The highest BCUT2D eigenvalue weighted by molar-refractivity contribution is 5.82. The van der Waals surface area contributed by atoms with Gasteiger partial charge < -0.3 is 10.1 Å². The van der Waals surface area contributed by atoms with Crippen LogP contribution in [0.2, 0.25) is 0 Å². The molecule has 0 spiro atoms. The lowest BCUT2D eigenvalue weighted by Gasteiger charge is -2.12. The molecule has 3 rings (SSSR count). The van der Waals surface area contributed by atoms with Gasteiger partial charge in [0.2, 0.25) is 0 Å². The van der Waals surface area contributed by atoms with Gasteiger partial charge in [-0.3, -0.25) is 0 Å². The Morgan fingerprint density at radius 3 is 2.67 bits per heavy atom. The van der Waals surface area contributed by atoms with Crippen LogP contribution in [-0.4, -0.2) is 17.1 Å². The number of hydrazine groups is 1. The van der Waals surface area contributed by atoms with Crippen LogP contribution in [0.4, 0.5) is 10.1 Å². The summed E-state index contributed by atoms with van der Waals surface area (Å²) in [5.41, 5.74) is 3.60. The minimum atomic E-state index is -0.481.